The number of hydrogen-bond donors (Lipinski definition) is 1. The van der Waals surface area contributed by atoms with Gasteiger partial charge in [-0.3, -0.25) is 0 Å². The third kappa shape index (κ3) is 4.68. The Kier molecular flexibility index (Phi) is 6.33. The molecule has 178 valence electrons. The molecular formula is C21H28ClN7O4. The fourth-order valence-corrected chi connectivity index (χ4v) is 4.21. The van der Waals surface area contributed by atoms with Crippen LogP contribution in [0.3, 0.4) is 0 Å². The van der Waals surface area contributed by atoms with E-state index in [1.807, 2.05) is 32.3 Å². The van der Waals surface area contributed by atoms with Crippen LogP contribution in [0.5, 0.6) is 5.75 Å². The van der Waals surface area contributed by atoms with Crippen molar-refractivity contribution in [2.45, 2.75) is 65.1 Å². The quantitative estimate of drug-likeness (QED) is 0.524. The monoisotopic (exact) mass is 477 g/mol. The topological polar surface area (TPSA) is 134 Å². The highest BCUT2D eigenvalue weighted by Crippen LogP contribution is 2.35. The average Bonchev–Trinajstić information content (AvgIpc) is 3.46. The summed E-state index contributed by atoms with van der Waals surface area (Å²) in [7, 11) is 0. The number of nitrogens with zero attached hydrogens (tertiary/aromatic N) is 6. The Morgan fingerprint density at radius 1 is 1.36 bits per heavy atom. The van der Waals surface area contributed by atoms with Gasteiger partial charge in [-0.25, -0.2) is 19.4 Å². The summed E-state index contributed by atoms with van der Waals surface area (Å²) in [5.74, 6) is 1.14. The molecule has 4 heterocycles. The molecule has 1 amide bonds. The molecule has 0 radical (unpaired) electrons. The summed E-state index contributed by atoms with van der Waals surface area (Å²) in [6, 6.07) is 0.0586. The van der Waals surface area contributed by atoms with Gasteiger partial charge < -0.3 is 24.7 Å². The first-order valence-electron chi connectivity index (χ1n) is 10.9. The lowest BCUT2D eigenvalue weighted by Crippen LogP contribution is -2.40. The van der Waals surface area contributed by atoms with Crippen molar-refractivity contribution in [3.63, 3.8) is 0 Å². The summed E-state index contributed by atoms with van der Waals surface area (Å²) in [6.45, 7) is 9.20. The van der Waals surface area contributed by atoms with E-state index in [2.05, 4.69) is 20.3 Å². The highest BCUT2D eigenvalue weighted by atomic mass is 35.5. The molecule has 1 saturated heterocycles. The van der Waals surface area contributed by atoms with Crippen LogP contribution < -0.4 is 10.5 Å². The number of rotatable bonds is 6. The van der Waals surface area contributed by atoms with Gasteiger partial charge in [-0.2, -0.15) is 0 Å². The molecule has 0 bridgehead atoms. The maximum absolute atomic E-state index is 12.5. The molecule has 1 aliphatic heterocycles. The van der Waals surface area contributed by atoms with E-state index in [0.717, 1.165) is 12.8 Å². The van der Waals surface area contributed by atoms with Gasteiger partial charge in [0.15, 0.2) is 28.2 Å². The molecule has 3 aromatic rings. The summed E-state index contributed by atoms with van der Waals surface area (Å²) in [5, 5.41) is 7.75. The van der Waals surface area contributed by atoms with E-state index < -0.39 is 5.60 Å². The van der Waals surface area contributed by atoms with Crippen LogP contribution in [0.15, 0.2) is 10.8 Å². The van der Waals surface area contributed by atoms with Gasteiger partial charge in [-0.05, 0) is 50.8 Å². The van der Waals surface area contributed by atoms with Crippen LogP contribution in [0.25, 0.3) is 22.6 Å². The van der Waals surface area contributed by atoms with E-state index in [1.165, 1.54) is 0 Å². The number of halogens is 1. The minimum Gasteiger partial charge on any atom is -0.490 e. The van der Waals surface area contributed by atoms with Crippen molar-refractivity contribution in [3.8, 4) is 17.3 Å². The predicted octanol–water partition coefficient (Wildman–Crippen LogP) is 3.91. The van der Waals surface area contributed by atoms with E-state index in [-0.39, 0.29) is 23.1 Å². The van der Waals surface area contributed by atoms with Crippen LogP contribution in [-0.2, 0) is 11.3 Å². The van der Waals surface area contributed by atoms with Crippen molar-refractivity contribution in [1.82, 2.24) is 29.7 Å². The number of amides is 1. The maximum atomic E-state index is 12.5. The molecule has 0 aliphatic carbocycles. The second-order valence-corrected chi connectivity index (χ2v) is 9.25. The van der Waals surface area contributed by atoms with Crippen LogP contribution in [0, 0.1) is 0 Å². The molecule has 0 aromatic carbocycles. The minimum atomic E-state index is -0.527. The number of likely N-dealkylation sites (tertiary alicyclic amines) is 1. The van der Waals surface area contributed by atoms with Crippen molar-refractivity contribution >= 4 is 34.5 Å². The van der Waals surface area contributed by atoms with E-state index >= 15 is 0 Å². The fraction of sp³-hybridized carbons (Fsp3) is 0.571. The highest BCUT2D eigenvalue weighted by molar-refractivity contribution is 6.34. The Balaban J connectivity index is 1.54. The molecule has 0 spiro atoms. The number of anilines is 1. The molecule has 12 heteroatoms. The Labute approximate surface area is 196 Å². The zero-order valence-corrected chi connectivity index (χ0v) is 19.9. The number of fused-ring (bicyclic) bond motifs is 1. The number of ether oxygens (including phenoxy) is 2. The molecule has 4 rings (SSSR count). The summed E-state index contributed by atoms with van der Waals surface area (Å²) in [4.78, 5) is 23.1. The van der Waals surface area contributed by atoms with E-state index in [4.69, 9.17) is 31.4 Å². The lowest BCUT2D eigenvalue weighted by molar-refractivity contribution is 0.0211. The predicted molar refractivity (Wildman–Crippen MR) is 122 cm³/mol. The average molecular weight is 478 g/mol. The van der Waals surface area contributed by atoms with Gasteiger partial charge in [0.05, 0.1) is 12.8 Å². The second-order valence-electron chi connectivity index (χ2n) is 8.90. The molecular weight excluding hydrogens is 450 g/mol. The highest BCUT2D eigenvalue weighted by Gasteiger charge is 2.32. The number of pyridine rings is 1. The van der Waals surface area contributed by atoms with Crippen LogP contribution in [0.4, 0.5) is 10.6 Å². The van der Waals surface area contributed by atoms with Crippen LogP contribution >= 0.6 is 11.6 Å². The maximum Gasteiger partial charge on any atom is 0.410 e. The Bertz CT molecular complexity index is 1150. The van der Waals surface area contributed by atoms with E-state index in [1.54, 1.807) is 11.1 Å². The lowest BCUT2D eigenvalue weighted by Gasteiger charge is -2.28. The van der Waals surface area contributed by atoms with E-state index in [0.29, 0.717) is 54.4 Å². The van der Waals surface area contributed by atoms with Crippen molar-refractivity contribution in [2.75, 3.05) is 18.9 Å². The minimum absolute atomic E-state index is 0.0586. The van der Waals surface area contributed by atoms with Gasteiger partial charge in [-0.15, -0.1) is 0 Å². The summed E-state index contributed by atoms with van der Waals surface area (Å²) >= 11 is 6.33. The summed E-state index contributed by atoms with van der Waals surface area (Å²) < 4.78 is 18.3. The van der Waals surface area contributed by atoms with E-state index in [9.17, 15) is 4.79 Å². The Morgan fingerprint density at radius 2 is 2.15 bits per heavy atom. The molecule has 0 saturated carbocycles. The van der Waals surface area contributed by atoms with Gasteiger partial charge in [0.25, 0.3) is 0 Å². The zero-order valence-electron chi connectivity index (χ0n) is 19.2. The summed E-state index contributed by atoms with van der Waals surface area (Å²) in [5.41, 5.74) is 6.84. The number of aromatic nitrogens is 5. The van der Waals surface area contributed by atoms with Gasteiger partial charge in [-0.1, -0.05) is 11.6 Å². The molecule has 3 aromatic heterocycles. The third-order valence-corrected chi connectivity index (χ3v) is 5.72. The fourth-order valence-electron chi connectivity index (χ4n) is 4.03. The van der Waals surface area contributed by atoms with Crippen LogP contribution in [0.2, 0.25) is 5.15 Å². The molecule has 1 atom stereocenters. The largest absolute Gasteiger partial charge is 0.490 e. The SMILES string of the molecule is CCn1c(-c2nonc2N)nc2c(Cl)ncc(OCC[C@@H]3CCCN3C(=O)OC(C)(C)C)c21. The second kappa shape index (κ2) is 9.05. The van der Waals surface area contributed by atoms with Crippen molar-refractivity contribution < 1.29 is 18.9 Å². The number of carbonyl (C=O) groups excluding carboxylic acids is 1. The van der Waals surface area contributed by atoms with Crippen LogP contribution in [0.1, 0.15) is 47.0 Å². The molecule has 11 nitrogen and oxygen atoms in total. The van der Waals surface area contributed by atoms with Crippen molar-refractivity contribution in [2.24, 2.45) is 0 Å². The first-order valence-corrected chi connectivity index (χ1v) is 11.3. The number of hydrogen-bond acceptors (Lipinski definition) is 9. The molecule has 0 unspecified atom stereocenters. The first-order chi connectivity index (χ1) is 15.7. The number of imidazole rings is 1. The normalized spacial score (nSPS) is 16.5. The van der Waals surface area contributed by atoms with Crippen molar-refractivity contribution in [3.05, 3.63) is 11.3 Å². The first kappa shape index (κ1) is 23.1. The molecule has 2 N–H and O–H groups in total. The molecule has 33 heavy (non-hydrogen) atoms. The number of nitrogens with two attached hydrogens (primary N) is 1. The Morgan fingerprint density at radius 3 is 2.82 bits per heavy atom. The summed E-state index contributed by atoms with van der Waals surface area (Å²) in [6.07, 6.45) is 3.80. The Hall–Kier alpha value is -3.08. The third-order valence-electron chi connectivity index (χ3n) is 5.45. The number of carbonyl (C=O) groups is 1. The molecule has 1 aliphatic rings. The zero-order chi connectivity index (χ0) is 23.8. The smallest absolute Gasteiger partial charge is 0.410 e. The van der Waals surface area contributed by atoms with Gasteiger partial charge in [0.2, 0.25) is 0 Å². The van der Waals surface area contributed by atoms with Crippen LogP contribution in [-0.4, -0.2) is 60.6 Å². The van der Waals surface area contributed by atoms with Gasteiger partial charge >= 0.3 is 6.09 Å². The number of aryl methyl sites for hydroxylation is 1. The van der Waals surface area contributed by atoms with Gasteiger partial charge in [0.1, 0.15) is 16.6 Å². The standard InChI is InChI=1S/C21H28ClN7O4/c1-5-28-16-13(11-24-17(22)14(16)25-19(28)15-18(23)27-33-26-15)31-10-8-12-7-6-9-29(12)20(30)32-21(2,3)4/h11-12H,5-10H2,1-4H3,(H2,23,27)/t12-/m0/s1. The molecule has 1 fully saturated rings. The number of nitrogen functional groups attached to an aromatic ring is 1. The van der Waals surface area contributed by atoms with Crippen molar-refractivity contribution in [1.29, 1.82) is 0 Å². The van der Waals surface area contributed by atoms with Gasteiger partial charge in [0, 0.05) is 25.6 Å². The lowest BCUT2D eigenvalue weighted by atomic mass is 10.1.